The van der Waals surface area contributed by atoms with E-state index in [0.29, 0.717) is 19.3 Å². The molecule has 4 heteroatoms. The first-order valence-electron chi connectivity index (χ1n) is 12.5. The normalized spacial score (nSPS) is 12.1. The lowest BCUT2D eigenvalue weighted by Crippen LogP contribution is -2.27. The number of hydrogen-bond acceptors (Lipinski definition) is 3. The highest BCUT2D eigenvalue weighted by Crippen LogP contribution is 2.17. The zero-order valence-corrected chi connectivity index (χ0v) is 19.7. The van der Waals surface area contributed by atoms with Crippen LogP contribution in [-0.4, -0.2) is 30.9 Å². The number of amides is 1. The van der Waals surface area contributed by atoms with Crippen molar-refractivity contribution in [3.63, 3.8) is 0 Å². The average Bonchev–Trinajstić information content (AvgIpc) is 2.68. The van der Waals surface area contributed by atoms with Crippen LogP contribution in [0.25, 0.3) is 0 Å². The largest absolute Gasteiger partial charge is 0.378 e. The van der Waals surface area contributed by atoms with Crippen LogP contribution >= 0.6 is 0 Å². The highest BCUT2D eigenvalue weighted by Gasteiger charge is 2.09. The number of rotatable bonds is 22. The summed E-state index contributed by atoms with van der Waals surface area (Å²) in [5.74, 6) is -0.267. The van der Waals surface area contributed by atoms with Gasteiger partial charge in [-0.3, -0.25) is 9.59 Å². The molecule has 1 atom stereocenters. The molecule has 0 rings (SSSR count). The number of unbranched alkanes of at least 4 members (excludes halogenated alkanes) is 11. The monoisotopic (exact) mass is 411 g/mol. The summed E-state index contributed by atoms with van der Waals surface area (Å²) in [7, 11) is 0. The van der Waals surface area contributed by atoms with E-state index in [1.807, 2.05) is 0 Å². The van der Waals surface area contributed by atoms with Gasteiger partial charge in [0.25, 0.3) is 0 Å². The molecular formula is C25H49NO3. The summed E-state index contributed by atoms with van der Waals surface area (Å²) in [5, 5.41) is 2.80. The molecule has 0 radical (unpaired) electrons. The number of carbonyl (C=O) groups is 2. The molecule has 0 aromatic heterocycles. The van der Waals surface area contributed by atoms with Crippen LogP contribution in [0.4, 0.5) is 0 Å². The zero-order chi connectivity index (χ0) is 21.6. The molecule has 1 amide bonds. The SMILES string of the molecule is CCCCCCCCCC(CCCCCCCC)OCCCNC(=O)CC(C)=O. The summed E-state index contributed by atoms with van der Waals surface area (Å²) in [4.78, 5) is 22.4. The van der Waals surface area contributed by atoms with Crippen molar-refractivity contribution in [2.45, 2.75) is 136 Å². The molecule has 0 fully saturated rings. The van der Waals surface area contributed by atoms with E-state index in [1.165, 1.54) is 103 Å². The minimum absolute atomic E-state index is 0.0141. The second-order valence-corrected chi connectivity index (χ2v) is 8.54. The van der Waals surface area contributed by atoms with Gasteiger partial charge in [-0.25, -0.2) is 0 Å². The first-order chi connectivity index (χ1) is 14.1. The molecular weight excluding hydrogens is 362 g/mol. The lowest BCUT2D eigenvalue weighted by Gasteiger charge is -2.18. The van der Waals surface area contributed by atoms with E-state index in [4.69, 9.17) is 4.74 Å². The van der Waals surface area contributed by atoms with Crippen LogP contribution in [0.5, 0.6) is 0 Å². The van der Waals surface area contributed by atoms with Gasteiger partial charge in [0, 0.05) is 13.2 Å². The molecule has 4 nitrogen and oxygen atoms in total. The second-order valence-electron chi connectivity index (χ2n) is 8.54. The fourth-order valence-corrected chi connectivity index (χ4v) is 3.63. The van der Waals surface area contributed by atoms with Gasteiger partial charge in [0.1, 0.15) is 5.78 Å². The van der Waals surface area contributed by atoms with E-state index in [9.17, 15) is 9.59 Å². The van der Waals surface area contributed by atoms with Crippen LogP contribution in [0.2, 0.25) is 0 Å². The van der Waals surface area contributed by atoms with Crippen LogP contribution < -0.4 is 5.32 Å². The molecule has 0 aliphatic carbocycles. The predicted molar refractivity (Wildman–Crippen MR) is 123 cm³/mol. The Morgan fingerprint density at radius 2 is 1.21 bits per heavy atom. The topological polar surface area (TPSA) is 55.4 Å². The number of ketones is 1. The Morgan fingerprint density at radius 3 is 1.69 bits per heavy atom. The fourth-order valence-electron chi connectivity index (χ4n) is 3.63. The summed E-state index contributed by atoms with van der Waals surface area (Å²) < 4.78 is 6.16. The van der Waals surface area contributed by atoms with E-state index in [1.54, 1.807) is 0 Å². The molecule has 29 heavy (non-hydrogen) atoms. The molecule has 0 aliphatic rings. The van der Waals surface area contributed by atoms with E-state index >= 15 is 0 Å². The van der Waals surface area contributed by atoms with Gasteiger partial charge in [-0.15, -0.1) is 0 Å². The van der Waals surface area contributed by atoms with E-state index in [2.05, 4.69) is 19.2 Å². The summed E-state index contributed by atoms with van der Waals surface area (Å²) in [6, 6.07) is 0. The lowest BCUT2D eigenvalue weighted by molar-refractivity contribution is -0.127. The van der Waals surface area contributed by atoms with Gasteiger partial charge >= 0.3 is 0 Å². The average molecular weight is 412 g/mol. The Morgan fingerprint density at radius 1 is 0.724 bits per heavy atom. The summed E-state index contributed by atoms with van der Waals surface area (Å²) >= 11 is 0. The standard InChI is InChI=1S/C25H49NO3/c1-4-6-8-10-12-14-16-19-24(18-15-13-11-9-7-5-2)29-21-17-20-26-25(28)22-23(3)27/h24H,4-22H2,1-3H3,(H,26,28). The molecule has 0 aromatic carbocycles. The summed E-state index contributed by atoms with van der Waals surface area (Å²) in [5.41, 5.74) is 0. The highest BCUT2D eigenvalue weighted by molar-refractivity contribution is 5.96. The molecule has 0 bridgehead atoms. The molecule has 1 N–H and O–H groups in total. The Hall–Kier alpha value is -0.900. The second kappa shape index (κ2) is 21.8. The highest BCUT2D eigenvalue weighted by atomic mass is 16.5. The lowest BCUT2D eigenvalue weighted by atomic mass is 10.0. The third kappa shape index (κ3) is 21.6. The van der Waals surface area contributed by atoms with E-state index < -0.39 is 0 Å². The van der Waals surface area contributed by atoms with Crippen LogP contribution in [0.1, 0.15) is 130 Å². The Balaban J connectivity index is 3.94. The van der Waals surface area contributed by atoms with Crippen molar-refractivity contribution in [3.05, 3.63) is 0 Å². The van der Waals surface area contributed by atoms with Gasteiger partial charge < -0.3 is 10.1 Å². The van der Waals surface area contributed by atoms with Crippen molar-refractivity contribution in [2.75, 3.05) is 13.2 Å². The molecule has 0 saturated carbocycles. The quantitative estimate of drug-likeness (QED) is 0.158. The molecule has 0 aliphatic heterocycles. The van der Waals surface area contributed by atoms with Crippen molar-refractivity contribution >= 4 is 11.7 Å². The molecule has 0 aromatic rings. The molecule has 172 valence electrons. The van der Waals surface area contributed by atoms with Gasteiger partial charge in [-0.05, 0) is 26.2 Å². The first kappa shape index (κ1) is 28.1. The van der Waals surface area contributed by atoms with Crippen LogP contribution in [0.3, 0.4) is 0 Å². The smallest absolute Gasteiger partial charge is 0.227 e. The van der Waals surface area contributed by atoms with Gasteiger partial charge in [-0.2, -0.15) is 0 Å². The Bertz CT molecular complexity index is 384. The van der Waals surface area contributed by atoms with Gasteiger partial charge in [-0.1, -0.05) is 97.3 Å². The molecule has 0 heterocycles. The maximum atomic E-state index is 11.5. The molecule has 0 saturated heterocycles. The van der Waals surface area contributed by atoms with E-state index in [0.717, 1.165) is 6.42 Å². The fraction of sp³-hybridized carbons (Fsp3) is 0.920. The maximum Gasteiger partial charge on any atom is 0.227 e. The van der Waals surface area contributed by atoms with E-state index in [-0.39, 0.29) is 18.1 Å². The molecule has 0 spiro atoms. The number of Topliss-reactive ketones (excluding diaryl/α,β-unsaturated/α-hetero) is 1. The summed E-state index contributed by atoms with van der Waals surface area (Å²) in [6.45, 7) is 7.25. The summed E-state index contributed by atoms with van der Waals surface area (Å²) in [6.07, 6.45) is 20.8. The van der Waals surface area contributed by atoms with Crippen molar-refractivity contribution in [3.8, 4) is 0 Å². The Labute approximate surface area is 180 Å². The number of hydrogen-bond donors (Lipinski definition) is 1. The minimum Gasteiger partial charge on any atom is -0.378 e. The van der Waals surface area contributed by atoms with Crippen LogP contribution in [0.15, 0.2) is 0 Å². The number of carbonyl (C=O) groups excluding carboxylic acids is 2. The van der Waals surface area contributed by atoms with Gasteiger partial charge in [0.2, 0.25) is 5.91 Å². The van der Waals surface area contributed by atoms with Crippen molar-refractivity contribution in [2.24, 2.45) is 0 Å². The van der Waals surface area contributed by atoms with Crippen molar-refractivity contribution in [1.82, 2.24) is 5.32 Å². The van der Waals surface area contributed by atoms with Crippen molar-refractivity contribution < 1.29 is 14.3 Å². The van der Waals surface area contributed by atoms with Crippen molar-refractivity contribution in [1.29, 1.82) is 0 Å². The zero-order valence-electron chi connectivity index (χ0n) is 19.7. The third-order valence-corrected chi connectivity index (χ3v) is 5.42. The maximum absolute atomic E-state index is 11.5. The third-order valence-electron chi connectivity index (χ3n) is 5.42. The number of ether oxygens (including phenoxy) is 1. The van der Waals surface area contributed by atoms with Gasteiger partial charge in [0.05, 0.1) is 12.5 Å². The Kier molecular flexibility index (Phi) is 21.1. The van der Waals surface area contributed by atoms with Crippen LogP contribution in [0, 0.1) is 0 Å². The number of nitrogens with one attached hydrogen (secondary N) is 1. The van der Waals surface area contributed by atoms with Gasteiger partial charge in [0.15, 0.2) is 0 Å². The first-order valence-corrected chi connectivity index (χ1v) is 12.5. The molecule has 1 unspecified atom stereocenters. The minimum atomic E-state index is -0.177. The predicted octanol–water partition coefficient (Wildman–Crippen LogP) is 6.75. The van der Waals surface area contributed by atoms with Crippen LogP contribution in [-0.2, 0) is 14.3 Å².